The Kier molecular flexibility index (Phi) is 8.39. The van der Waals surface area contributed by atoms with E-state index < -0.39 is 0 Å². The van der Waals surface area contributed by atoms with Gasteiger partial charge in [0.15, 0.2) is 5.50 Å². The number of aryl methyl sites for hydroxylation is 2. The number of unbranched alkanes of at least 4 members (excludes halogenated alkanes) is 2. The van der Waals surface area contributed by atoms with Crippen molar-refractivity contribution in [1.29, 1.82) is 0 Å². The molecule has 4 N–H and O–H groups in total. The van der Waals surface area contributed by atoms with Crippen LogP contribution in [-0.2, 0) is 4.79 Å². The van der Waals surface area contributed by atoms with Crippen LogP contribution < -0.4 is 21.0 Å². The summed E-state index contributed by atoms with van der Waals surface area (Å²) in [5, 5.41) is 18.0. The third-order valence-electron chi connectivity index (χ3n) is 4.75. The molecule has 0 radical (unpaired) electrons. The molecule has 10 heteroatoms. The van der Waals surface area contributed by atoms with Crippen LogP contribution >= 0.6 is 23.4 Å². The smallest absolute Gasteiger partial charge is 0.243 e. The first kappa shape index (κ1) is 23.2. The van der Waals surface area contributed by atoms with E-state index in [2.05, 4.69) is 25.5 Å². The summed E-state index contributed by atoms with van der Waals surface area (Å²) >= 11 is 8.11. The number of anilines is 3. The number of rotatable bonds is 10. The van der Waals surface area contributed by atoms with Gasteiger partial charge in [-0.3, -0.25) is 10.0 Å². The molecule has 3 rings (SSSR count). The molecule has 0 saturated carbocycles. The van der Waals surface area contributed by atoms with Crippen molar-refractivity contribution in [3.05, 3.63) is 52.3 Å². The number of carbonyl (C=O) groups is 1. The molecule has 1 unspecified atom stereocenters. The van der Waals surface area contributed by atoms with Crippen LogP contribution in [0.2, 0.25) is 5.02 Å². The quantitative estimate of drug-likeness (QED) is 0.230. The Morgan fingerprint density at radius 3 is 2.81 bits per heavy atom. The Labute approximate surface area is 191 Å². The van der Waals surface area contributed by atoms with Crippen LogP contribution in [0.25, 0.3) is 0 Å². The van der Waals surface area contributed by atoms with Crippen LogP contribution in [-0.4, -0.2) is 33.1 Å². The maximum atomic E-state index is 11.0. The summed E-state index contributed by atoms with van der Waals surface area (Å²) in [6.45, 7) is 4.64. The molecule has 2 heterocycles. The third kappa shape index (κ3) is 6.49. The summed E-state index contributed by atoms with van der Waals surface area (Å²) < 4.78 is 0. The molecule has 0 fully saturated rings. The summed E-state index contributed by atoms with van der Waals surface area (Å²) in [7, 11) is 0. The largest absolute Gasteiger partial charge is 0.370 e. The lowest BCUT2D eigenvalue weighted by atomic mass is 10.2. The van der Waals surface area contributed by atoms with Crippen LogP contribution in [0.4, 0.5) is 17.3 Å². The molecule has 1 aliphatic rings. The number of carbonyl (C=O) groups excluding carboxylic acids is 1. The lowest BCUT2D eigenvalue weighted by Crippen LogP contribution is -2.32. The molecule has 1 atom stereocenters. The Morgan fingerprint density at radius 2 is 2.03 bits per heavy atom. The Bertz CT molecular complexity index is 922. The van der Waals surface area contributed by atoms with E-state index in [1.807, 2.05) is 49.7 Å². The number of halogens is 1. The Hall–Kier alpha value is -2.49. The van der Waals surface area contributed by atoms with E-state index >= 15 is 0 Å². The van der Waals surface area contributed by atoms with Crippen molar-refractivity contribution in [2.45, 2.75) is 45.0 Å². The van der Waals surface area contributed by atoms with Crippen LogP contribution in [0.5, 0.6) is 0 Å². The fraction of sp³-hybridized carbons (Fsp3) is 0.381. The molecular weight excluding hydrogens is 436 g/mol. The number of hydrogen-bond acceptors (Lipinski definition) is 8. The number of amides is 1. The van der Waals surface area contributed by atoms with Gasteiger partial charge in [-0.15, -0.1) is 0 Å². The zero-order valence-electron chi connectivity index (χ0n) is 17.6. The molecular formula is C21H27ClN6O2S. The van der Waals surface area contributed by atoms with Gasteiger partial charge in [-0.05, 0) is 43.7 Å². The highest BCUT2D eigenvalue weighted by molar-refractivity contribution is 8.03. The molecule has 2 aromatic rings. The molecule has 1 amide bonds. The van der Waals surface area contributed by atoms with Gasteiger partial charge in [0.1, 0.15) is 17.5 Å². The summed E-state index contributed by atoms with van der Waals surface area (Å²) in [5.41, 5.74) is 3.65. The minimum absolute atomic E-state index is 0.0709. The molecule has 1 aromatic heterocycles. The number of hydroxylamine groups is 1. The van der Waals surface area contributed by atoms with E-state index in [1.165, 1.54) is 0 Å². The van der Waals surface area contributed by atoms with Crippen molar-refractivity contribution in [3.8, 4) is 0 Å². The zero-order chi connectivity index (χ0) is 22.2. The number of para-hydroxylation sites is 1. The summed E-state index contributed by atoms with van der Waals surface area (Å²) in [4.78, 5) is 22.1. The van der Waals surface area contributed by atoms with Crippen molar-refractivity contribution in [2.24, 2.45) is 0 Å². The van der Waals surface area contributed by atoms with Crippen LogP contribution in [0.3, 0.4) is 0 Å². The number of nitrogens with one attached hydrogen (secondary N) is 3. The number of hydrogen-bond donors (Lipinski definition) is 4. The maximum absolute atomic E-state index is 11.0. The van der Waals surface area contributed by atoms with E-state index in [9.17, 15) is 4.79 Å². The summed E-state index contributed by atoms with van der Waals surface area (Å²) in [6.07, 6.45) is 4.85. The highest BCUT2D eigenvalue weighted by Gasteiger charge is 2.25. The number of benzene rings is 1. The van der Waals surface area contributed by atoms with Crippen molar-refractivity contribution in [1.82, 2.24) is 15.4 Å². The third-order valence-corrected chi connectivity index (χ3v) is 5.94. The van der Waals surface area contributed by atoms with Gasteiger partial charge in [0, 0.05) is 25.2 Å². The van der Waals surface area contributed by atoms with Crippen molar-refractivity contribution in [3.63, 3.8) is 0 Å². The monoisotopic (exact) mass is 462 g/mol. The maximum Gasteiger partial charge on any atom is 0.243 e. The first-order chi connectivity index (χ1) is 15.0. The molecule has 0 saturated heterocycles. The first-order valence-electron chi connectivity index (χ1n) is 10.1. The Balaban J connectivity index is 1.58. The van der Waals surface area contributed by atoms with Gasteiger partial charge in [0.05, 0.1) is 10.7 Å². The minimum atomic E-state index is -0.351. The van der Waals surface area contributed by atoms with Gasteiger partial charge in [-0.25, -0.2) is 15.4 Å². The lowest BCUT2D eigenvalue weighted by Gasteiger charge is -2.28. The zero-order valence-corrected chi connectivity index (χ0v) is 19.1. The topological polar surface area (TPSA) is 102 Å². The van der Waals surface area contributed by atoms with Crippen molar-refractivity contribution >= 4 is 46.6 Å². The van der Waals surface area contributed by atoms with E-state index in [-0.39, 0.29) is 11.4 Å². The molecule has 1 aromatic carbocycles. The Morgan fingerprint density at radius 1 is 1.23 bits per heavy atom. The average molecular weight is 463 g/mol. The van der Waals surface area contributed by atoms with Crippen LogP contribution in [0.15, 0.2) is 35.9 Å². The second-order valence-corrected chi connectivity index (χ2v) is 8.59. The molecule has 31 heavy (non-hydrogen) atoms. The number of aromatic nitrogens is 2. The van der Waals surface area contributed by atoms with Gasteiger partial charge >= 0.3 is 0 Å². The lowest BCUT2D eigenvalue weighted by molar-refractivity contribution is -0.129. The van der Waals surface area contributed by atoms with Gasteiger partial charge in [0.2, 0.25) is 5.91 Å². The molecule has 0 spiro atoms. The van der Waals surface area contributed by atoms with E-state index in [0.29, 0.717) is 17.3 Å². The second kappa shape index (κ2) is 11.2. The highest BCUT2D eigenvalue weighted by Crippen LogP contribution is 2.37. The molecule has 0 aliphatic carbocycles. The highest BCUT2D eigenvalue weighted by atomic mass is 35.5. The fourth-order valence-electron chi connectivity index (χ4n) is 3.28. The fourth-order valence-corrected chi connectivity index (χ4v) is 4.45. The predicted molar refractivity (Wildman–Crippen MR) is 126 cm³/mol. The van der Waals surface area contributed by atoms with Gasteiger partial charge in [-0.1, -0.05) is 41.9 Å². The van der Waals surface area contributed by atoms with E-state index in [1.54, 1.807) is 17.2 Å². The van der Waals surface area contributed by atoms with Gasteiger partial charge in [0.25, 0.3) is 0 Å². The molecule has 166 valence electrons. The van der Waals surface area contributed by atoms with Crippen LogP contribution in [0, 0.1) is 13.8 Å². The van der Waals surface area contributed by atoms with E-state index in [4.69, 9.17) is 16.8 Å². The van der Waals surface area contributed by atoms with Crippen molar-refractivity contribution < 1.29 is 10.0 Å². The van der Waals surface area contributed by atoms with Gasteiger partial charge < -0.3 is 15.5 Å². The van der Waals surface area contributed by atoms with Crippen LogP contribution in [0.1, 0.15) is 37.1 Å². The predicted octanol–water partition coefficient (Wildman–Crippen LogP) is 4.64. The molecule has 1 aliphatic heterocycles. The summed E-state index contributed by atoms with van der Waals surface area (Å²) in [5.74, 6) is 1.80. The SMILES string of the molecule is Cc1nc(NCCCCCC(=O)NO)cc(NC2SC=CN2c2c(C)cccc2Cl)n1. The number of nitrogens with zero attached hydrogens (tertiary/aromatic N) is 3. The molecule has 0 bridgehead atoms. The summed E-state index contributed by atoms with van der Waals surface area (Å²) in [6, 6.07) is 7.78. The first-order valence-corrected chi connectivity index (χ1v) is 11.4. The van der Waals surface area contributed by atoms with Gasteiger partial charge in [-0.2, -0.15) is 0 Å². The minimum Gasteiger partial charge on any atom is -0.370 e. The standard InChI is InChI=1S/C21H27ClN6O2S/c1-14-7-6-8-16(22)20(14)28-11-12-31-21(28)26-18-13-17(24-15(2)25-18)23-10-5-3-4-9-19(29)27-30/h6-8,11-13,21,30H,3-5,9-10H2,1-2H3,(H,27,29)(H2,23,24,25,26). The van der Waals surface area contributed by atoms with Crippen molar-refractivity contribution in [2.75, 3.05) is 22.1 Å². The average Bonchev–Trinajstić information content (AvgIpc) is 3.17. The second-order valence-electron chi connectivity index (χ2n) is 7.19. The normalized spacial score (nSPS) is 15.2. The number of thioether (sulfide) groups is 1. The van der Waals surface area contributed by atoms with E-state index in [0.717, 1.165) is 48.7 Å². The molecule has 8 nitrogen and oxygen atoms in total.